The molecule has 2 heterocycles. The van der Waals surface area contributed by atoms with E-state index in [1.165, 1.54) is 0 Å². The van der Waals surface area contributed by atoms with E-state index in [2.05, 4.69) is 22.2 Å². The lowest BCUT2D eigenvalue weighted by atomic mass is 10.1. The number of hydrogen-bond donors (Lipinski definition) is 1. The molecule has 154 valence electrons. The van der Waals surface area contributed by atoms with Gasteiger partial charge >= 0.3 is 0 Å². The molecule has 1 atom stereocenters. The summed E-state index contributed by atoms with van der Waals surface area (Å²) in [5.74, 6) is 1.63. The van der Waals surface area contributed by atoms with Gasteiger partial charge in [0.05, 0.1) is 25.9 Å². The maximum Gasteiger partial charge on any atom is 0.194 e. The van der Waals surface area contributed by atoms with Crippen LogP contribution in [0.15, 0.2) is 41.7 Å². The smallest absolute Gasteiger partial charge is 0.194 e. The monoisotopic (exact) mass is 519 g/mol. The number of hydrogen-bond acceptors (Lipinski definition) is 4. The second kappa shape index (κ2) is 11.5. The molecule has 0 aliphatic carbocycles. The molecule has 3 rings (SSSR count). The van der Waals surface area contributed by atoms with Gasteiger partial charge in [-0.1, -0.05) is 17.7 Å². The summed E-state index contributed by atoms with van der Waals surface area (Å²) < 4.78 is 13.4. The zero-order chi connectivity index (χ0) is 19.1. The number of nitrogens with zero attached hydrogens (tertiary/aromatic N) is 4. The normalized spacial score (nSPS) is 17.2. The number of guanidine groups is 1. The Bertz CT molecular complexity index is 770. The van der Waals surface area contributed by atoms with Crippen LogP contribution in [0.2, 0.25) is 5.02 Å². The highest BCUT2D eigenvalue weighted by molar-refractivity contribution is 14.0. The SMILES string of the molecule is CCNC(=NCCOc1cccc(Cl)c1)N1CCOC(c2cnn(C)c2)C1.I. The molecule has 1 aliphatic heterocycles. The van der Waals surface area contributed by atoms with Crippen LogP contribution in [0.1, 0.15) is 18.6 Å². The van der Waals surface area contributed by atoms with E-state index in [9.17, 15) is 0 Å². The number of rotatable bonds is 6. The first-order chi connectivity index (χ1) is 13.2. The van der Waals surface area contributed by atoms with Crippen molar-refractivity contribution in [3.05, 3.63) is 47.2 Å². The van der Waals surface area contributed by atoms with Crippen molar-refractivity contribution >= 4 is 41.5 Å². The average molecular weight is 520 g/mol. The molecule has 0 amide bonds. The number of halogens is 2. The topological polar surface area (TPSA) is 63.9 Å². The molecule has 2 aromatic rings. The standard InChI is InChI=1S/C19H26ClN5O2.HI/c1-3-21-19(22-7-9-26-17-6-4-5-16(20)11-17)25-8-10-27-18(14-25)15-12-23-24(2)13-15;/h4-6,11-13,18H,3,7-10,14H2,1-2H3,(H,21,22);1H. The summed E-state index contributed by atoms with van der Waals surface area (Å²) in [4.78, 5) is 6.93. The van der Waals surface area contributed by atoms with Gasteiger partial charge in [0.2, 0.25) is 0 Å². The van der Waals surface area contributed by atoms with Gasteiger partial charge in [0.1, 0.15) is 18.5 Å². The predicted octanol–water partition coefficient (Wildman–Crippen LogP) is 3.11. The molecular formula is C19H27ClIN5O2. The molecular weight excluding hydrogens is 493 g/mol. The fraction of sp³-hybridized carbons (Fsp3) is 0.474. The van der Waals surface area contributed by atoms with Crippen molar-refractivity contribution in [2.24, 2.45) is 12.0 Å². The Balaban J connectivity index is 0.00000280. The minimum absolute atomic E-state index is 0. The summed E-state index contributed by atoms with van der Waals surface area (Å²) in [6, 6.07) is 7.39. The first-order valence-electron chi connectivity index (χ1n) is 9.17. The van der Waals surface area contributed by atoms with Crippen LogP contribution in [-0.4, -0.2) is 60.0 Å². The summed E-state index contributed by atoms with van der Waals surface area (Å²) in [5.41, 5.74) is 1.09. The highest BCUT2D eigenvalue weighted by Crippen LogP contribution is 2.21. The summed E-state index contributed by atoms with van der Waals surface area (Å²) in [6.07, 6.45) is 3.85. The first kappa shape index (κ1) is 22.8. The van der Waals surface area contributed by atoms with E-state index in [4.69, 9.17) is 26.1 Å². The average Bonchev–Trinajstić information content (AvgIpc) is 3.11. The first-order valence-corrected chi connectivity index (χ1v) is 9.55. The van der Waals surface area contributed by atoms with Crippen LogP contribution in [0.5, 0.6) is 5.75 Å². The maximum absolute atomic E-state index is 5.97. The van der Waals surface area contributed by atoms with E-state index >= 15 is 0 Å². The third-order valence-electron chi connectivity index (χ3n) is 4.22. The Kier molecular flexibility index (Phi) is 9.33. The lowest BCUT2D eigenvalue weighted by Crippen LogP contribution is -2.48. The molecule has 9 heteroatoms. The lowest BCUT2D eigenvalue weighted by Gasteiger charge is -2.34. The van der Waals surface area contributed by atoms with Gasteiger partial charge in [0.15, 0.2) is 5.96 Å². The quantitative estimate of drug-likeness (QED) is 0.275. The number of aryl methyl sites for hydroxylation is 1. The number of nitrogens with one attached hydrogen (secondary N) is 1. The second-order valence-electron chi connectivity index (χ2n) is 6.29. The number of benzene rings is 1. The summed E-state index contributed by atoms with van der Waals surface area (Å²) >= 11 is 5.97. The van der Waals surface area contributed by atoms with E-state index < -0.39 is 0 Å². The van der Waals surface area contributed by atoms with E-state index in [0.717, 1.165) is 36.9 Å². The van der Waals surface area contributed by atoms with Gasteiger partial charge in [-0.25, -0.2) is 4.99 Å². The van der Waals surface area contributed by atoms with E-state index in [0.29, 0.717) is 24.8 Å². The van der Waals surface area contributed by atoms with Crippen molar-refractivity contribution in [1.82, 2.24) is 20.0 Å². The van der Waals surface area contributed by atoms with Gasteiger partial charge in [-0.3, -0.25) is 4.68 Å². The molecule has 1 saturated heterocycles. The zero-order valence-electron chi connectivity index (χ0n) is 16.2. The van der Waals surface area contributed by atoms with Gasteiger partial charge in [0.25, 0.3) is 0 Å². The van der Waals surface area contributed by atoms with Crippen molar-refractivity contribution < 1.29 is 9.47 Å². The van der Waals surface area contributed by atoms with Crippen molar-refractivity contribution in [3.63, 3.8) is 0 Å². The molecule has 0 radical (unpaired) electrons. The van der Waals surface area contributed by atoms with Crippen molar-refractivity contribution in [1.29, 1.82) is 0 Å². The van der Waals surface area contributed by atoms with Crippen LogP contribution in [0.4, 0.5) is 0 Å². The predicted molar refractivity (Wildman–Crippen MR) is 122 cm³/mol. The molecule has 7 nitrogen and oxygen atoms in total. The van der Waals surface area contributed by atoms with Gasteiger partial charge in [-0.2, -0.15) is 5.10 Å². The Labute approximate surface area is 188 Å². The van der Waals surface area contributed by atoms with Gasteiger partial charge in [0, 0.05) is 36.9 Å². The Morgan fingerprint density at radius 3 is 3.04 bits per heavy atom. The van der Waals surface area contributed by atoms with Crippen molar-refractivity contribution in [2.75, 3.05) is 39.4 Å². The lowest BCUT2D eigenvalue weighted by molar-refractivity contribution is -0.00805. The van der Waals surface area contributed by atoms with E-state index in [1.54, 1.807) is 10.7 Å². The van der Waals surface area contributed by atoms with Crippen molar-refractivity contribution in [3.8, 4) is 5.75 Å². The fourth-order valence-corrected chi connectivity index (χ4v) is 3.13. The molecule has 0 saturated carbocycles. The Hall–Kier alpha value is -1.52. The van der Waals surface area contributed by atoms with Crippen LogP contribution < -0.4 is 10.1 Å². The number of aromatic nitrogens is 2. The third kappa shape index (κ3) is 6.52. The molecule has 1 fully saturated rings. The van der Waals surface area contributed by atoms with Crippen LogP contribution >= 0.6 is 35.6 Å². The number of aliphatic imine (C=N–C) groups is 1. The summed E-state index contributed by atoms with van der Waals surface area (Å²) in [6.45, 7) is 6.13. The molecule has 1 unspecified atom stereocenters. The van der Waals surface area contributed by atoms with E-state index in [-0.39, 0.29) is 30.1 Å². The number of ether oxygens (including phenoxy) is 2. The van der Waals surface area contributed by atoms with Crippen LogP contribution in [0.3, 0.4) is 0 Å². The van der Waals surface area contributed by atoms with E-state index in [1.807, 2.05) is 37.6 Å². The van der Waals surface area contributed by atoms with Crippen molar-refractivity contribution in [2.45, 2.75) is 13.0 Å². The molecule has 28 heavy (non-hydrogen) atoms. The van der Waals surface area contributed by atoms with Crippen LogP contribution in [-0.2, 0) is 11.8 Å². The molecule has 1 aromatic carbocycles. The molecule has 0 bridgehead atoms. The Morgan fingerprint density at radius 1 is 1.46 bits per heavy atom. The van der Waals surface area contributed by atoms with Crippen LogP contribution in [0, 0.1) is 0 Å². The highest BCUT2D eigenvalue weighted by atomic mass is 127. The molecule has 0 spiro atoms. The highest BCUT2D eigenvalue weighted by Gasteiger charge is 2.25. The summed E-state index contributed by atoms with van der Waals surface area (Å²) in [5, 5.41) is 8.27. The van der Waals surface area contributed by atoms with Gasteiger partial charge in [-0.15, -0.1) is 24.0 Å². The van der Waals surface area contributed by atoms with Gasteiger partial charge < -0.3 is 19.7 Å². The minimum Gasteiger partial charge on any atom is -0.492 e. The largest absolute Gasteiger partial charge is 0.492 e. The molecule has 1 aromatic heterocycles. The second-order valence-corrected chi connectivity index (χ2v) is 6.73. The van der Waals surface area contributed by atoms with Gasteiger partial charge in [-0.05, 0) is 25.1 Å². The Morgan fingerprint density at radius 2 is 2.32 bits per heavy atom. The van der Waals surface area contributed by atoms with Crippen LogP contribution in [0.25, 0.3) is 0 Å². The maximum atomic E-state index is 5.97. The number of morpholine rings is 1. The zero-order valence-corrected chi connectivity index (χ0v) is 19.3. The minimum atomic E-state index is -0.000910. The molecule has 1 N–H and O–H groups in total. The third-order valence-corrected chi connectivity index (χ3v) is 4.45. The summed E-state index contributed by atoms with van der Waals surface area (Å²) in [7, 11) is 1.91. The molecule has 1 aliphatic rings. The fourth-order valence-electron chi connectivity index (χ4n) is 2.95.